The van der Waals surface area contributed by atoms with E-state index in [4.69, 9.17) is 18.9 Å². The average Bonchev–Trinajstić information content (AvgIpc) is 3.69. The number of methoxy groups -OCH3 is 1. The first-order valence-electron chi connectivity index (χ1n) is 16.8. The van der Waals surface area contributed by atoms with Crippen molar-refractivity contribution in [2.24, 2.45) is 11.3 Å². The third-order valence-electron chi connectivity index (χ3n) is 9.02. The van der Waals surface area contributed by atoms with Gasteiger partial charge in [0.1, 0.15) is 25.0 Å². The van der Waals surface area contributed by atoms with Crippen molar-refractivity contribution in [3.8, 4) is 17.6 Å². The molecule has 0 radical (unpaired) electrons. The van der Waals surface area contributed by atoms with Gasteiger partial charge in [-0.15, -0.1) is 0 Å². The van der Waals surface area contributed by atoms with Crippen LogP contribution in [0.25, 0.3) is 0 Å². The van der Waals surface area contributed by atoms with Gasteiger partial charge in [0.25, 0.3) is 0 Å². The zero-order valence-corrected chi connectivity index (χ0v) is 29.5. The lowest BCUT2D eigenvalue weighted by molar-refractivity contribution is -0.142. The summed E-state index contributed by atoms with van der Waals surface area (Å²) < 4.78 is 50.3. The van der Waals surface area contributed by atoms with Crippen LogP contribution in [0.1, 0.15) is 39.7 Å². The van der Waals surface area contributed by atoms with Crippen LogP contribution >= 0.6 is 0 Å². The van der Waals surface area contributed by atoms with Crippen LogP contribution in [0.3, 0.4) is 0 Å². The van der Waals surface area contributed by atoms with E-state index in [0.717, 1.165) is 17.7 Å². The molecular formula is C37H48F2N4O7. The Bertz CT molecular complexity index is 1530. The molecule has 4 unspecified atom stereocenters. The number of fused-ring (bicyclic) bond motifs is 1. The van der Waals surface area contributed by atoms with Crippen molar-refractivity contribution in [3.05, 3.63) is 65.7 Å². The van der Waals surface area contributed by atoms with Crippen molar-refractivity contribution in [1.82, 2.24) is 20.4 Å². The molecule has 0 bridgehead atoms. The minimum atomic E-state index is -1.07. The lowest BCUT2D eigenvalue weighted by Gasteiger charge is -2.34. The second kappa shape index (κ2) is 17.6. The fourth-order valence-corrected chi connectivity index (χ4v) is 6.30. The van der Waals surface area contributed by atoms with Gasteiger partial charge in [0.15, 0.2) is 11.6 Å². The summed E-state index contributed by atoms with van der Waals surface area (Å²) in [6, 6.07) is 9.97. The third-order valence-corrected chi connectivity index (χ3v) is 9.02. The second-order valence-electron chi connectivity index (χ2n) is 13.3. The summed E-state index contributed by atoms with van der Waals surface area (Å²) in [5.74, 6) is 2.98. The van der Waals surface area contributed by atoms with Crippen molar-refractivity contribution in [1.29, 1.82) is 0 Å². The van der Waals surface area contributed by atoms with Crippen LogP contribution in [-0.2, 0) is 30.4 Å². The molecule has 272 valence electrons. The highest BCUT2D eigenvalue weighted by Gasteiger charge is 2.53. The molecule has 2 aliphatic rings. The van der Waals surface area contributed by atoms with Gasteiger partial charge in [-0.3, -0.25) is 9.59 Å². The van der Waals surface area contributed by atoms with Crippen molar-refractivity contribution in [3.63, 3.8) is 0 Å². The van der Waals surface area contributed by atoms with Crippen molar-refractivity contribution in [2.75, 3.05) is 47.1 Å². The van der Waals surface area contributed by atoms with Gasteiger partial charge < -0.3 is 39.4 Å². The maximum absolute atomic E-state index is 14.4. The Labute approximate surface area is 292 Å². The zero-order valence-electron chi connectivity index (χ0n) is 29.5. The number of nitrogens with one attached hydrogen (secondary N) is 2. The monoisotopic (exact) mass is 698 g/mol. The van der Waals surface area contributed by atoms with Crippen LogP contribution in [0.15, 0.2) is 48.5 Å². The SMILES string of the molecule is CN[C@@H](C)C(=O)NC(C(=O)N1CCC2C1[C@@H](COc1ccc(F)c(F)c1)CN2C(=O)OCc1ccccc1)C(C)OCC#CC(C)(C)COC. The smallest absolute Gasteiger partial charge is 0.410 e. The number of hydrogen-bond donors (Lipinski definition) is 2. The van der Waals surface area contributed by atoms with E-state index in [1.165, 1.54) is 6.07 Å². The summed E-state index contributed by atoms with van der Waals surface area (Å²) in [6.45, 7) is 8.29. The Kier molecular flexibility index (Phi) is 13.6. The van der Waals surface area contributed by atoms with Gasteiger partial charge in [-0.25, -0.2) is 13.6 Å². The van der Waals surface area contributed by atoms with Gasteiger partial charge in [-0.1, -0.05) is 42.2 Å². The molecule has 2 heterocycles. The zero-order chi connectivity index (χ0) is 36.4. The van der Waals surface area contributed by atoms with E-state index in [1.54, 1.807) is 37.8 Å². The minimum Gasteiger partial charge on any atom is -0.493 e. The molecule has 2 aliphatic heterocycles. The molecule has 6 atom stereocenters. The van der Waals surface area contributed by atoms with E-state index >= 15 is 0 Å². The standard InChI is InChI=1S/C37H48F2N4O7/c1-24(40-5)34(44)41-32(25(2)48-18-10-16-37(3,4)23-47-6)35(45)42-17-15-31-33(42)27(22-49-28-13-14-29(38)30(39)19-28)20-43(31)36(46)50-21-26-11-8-7-9-12-26/h7-9,11-14,19,24-25,27,31-33,40H,15,17-18,20-23H2,1-6H3,(H,41,44)/t24-,25?,27+,31?,32?,33?/m0/s1. The van der Waals surface area contributed by atoms with Crippen LogP contribution in [-0.4, -0.2) is 105 Å². The first-order valence-corrected chi connectivity index (χ1v) is 16.8. The number of nitrogens with zero attached hydrogens (tertiary/aromatic N) is 2. The number of ether oxygens (including phenoxy) is 4. The van der Waals surface area contributed by atoms with Crippen LogP contribution in [0.4, 0.5) is 13.6 Å². The Morgan fingerprint density at radius 2 is 1.80 bits per heavy atom. The van der Waals surface area contributed by atoms with Crippen molar-refractivity contribution < 1.29 is 42.1 Å². The van der Waals surface area contributed by atoms with Gasteiger partial charge in [-0.05, 0) is 58.9 Å². The fraction of sp³-hybridized carbons (Fsp3) is 0.541. The maximum atomic E-state index is 14.4. The number of amides is 3. The van der Waals surface area contributed by atoms with E-state index in [9.17, 15) is 23.2 Å². The topological polar surface area (TPSA) is 119 Å². The van der Waals surface area contributed by atoms with Gasteiger partial charge in [0, 0.05) is 37.6 Å². The molecule has 0 spiro atoms. The second-order valence-corrected chi connectivity index (χ2v) is 13.3. The van der Waals surface area contributed by atoms with Crippen LogP contribution in [0.2, 0.25) is 0 Å². The van der Waals surface area contributed by atoms with E-state index in [1.807, 2.05) is 44.2 Å². The molecule has 0 aliphatic carbocycles. The first kappa shape index (κ1) is 38.6. The molecule has 2 N–H and O–H groups in total. The molecule has 2 fully saturated rings. The van der Waals surface area contributed by atoms with Crippen molar-refractivity contribution in [2.45, 2.75) is 71.0 Å². The van der Waals surface area contributed by atoms with E-state index in [0.29, 0.717) is 19.6 Å². The summed E-state index contributed by atoms with van der Waals surface area (Å²) >= 11 is 0. The lowest BCUT2D eigenvalue weighted by atomic mass is 9.96. The van der Waals surface area contributed by atoms with E-state index in [-0.39, 0.29) is 43.9 Å². The number of likely N-dealkylation sites (N-methyl/N-ethyl adjacent to an activating group) is 1. The highest BCUT2D eigenvalue weighted by Crippen LogP contribution is 2.37. The van der Waals surface area contributed by atoms with E-state index < -0.39 is 59.3 Å². The molecule has 0 saturated carbocycles. The number of rotatable bonds is 14. The third kappa shape index (κ3) is 9.93. The molecule has 50 heavy (non-hydrogen) atoms. The van der Waals surface area contributed by atoms with Crippen LogP contribution in [0.5, 0.6) is 5.75 Å². The summed E-state index contributed by atoms with van der Waals surface area (Å²) in [4.78, 5) is 44.2. The molecule has 2 aromatic carbocycles. The van der Waals surface area contributed by atoms with Gasteiger partial charge in [-0.2, -0.15) is 0 Å². The van der Waals surface area contributed by atoms with Crippen LogP contribution < -0.4 is 15.4 Å². The van der Waals surface area contributed by atoms with Gasteiger partial charge in [0.05, 0.1) is 37.4 Å². The summed E-state index contributed by atoms with van der Waals surface area (Å²) in [6.07, 6.45) is -0.839. The number of likely N-dealkylation sites (tertiary alicyclic amines) is 2. The molecule has 0 aromatic heterocycles. The first-order chi connectivity index (χ1) is 23.8. The summed E-state index contributed by atoms with van der Waals surface area (Å²) in [5.41, 5.74) is 0.429. The highest BCUT2D eigenvalue weighted by atomic mass is 19.2. The molecule has 11 nitrogen and oxygen atoms in total. The number of carbonyl (C=O) groups excluding carboxylic acids is 3. The molecule has 2 aromatic rings. The molecular weight excluding hydrogens is 650 g/mol. The number of halogens is 2. The quantitative estimate of drug-likeness (QED) is 0.287. The van der Waals surface area contributed by atoms with E-state index in [2.05, 4.69) is 22.5 Å². The minimum absolute atomic E-state index is 0.00516. The summed E-state index contributed by atoms with van der Waals surface area (Å²) in [5, 5.41) is 5.75. The predicted molar refractivity (Wildman–Crippen MR) is 182 cm³/mol. The number of carbonyl (C=O) groups is 3. The average molecular weight is 699 g/mol. The molecule has 2 saturated heterocycles. The Balaban J connectivity index is 1.56. The Morgan fingerprint density at radius 3 is 2.48 bits per heavy atom. The van der Waals surface area contributed by atoms with Gasteiger partial charge >= 0.3 is 6.09 Å². The van der Waals surface area contributed by atoms with Gasteiger partial charge in [0.2, 0.25) is 11.8 Å². The molecule has 4 rings (SSSR count). The number of hydrogen-bond acceptors (Lipinski definition) is 8. The lowest BCUT2D eigenvalue weighted by Crippen LogP contribution is -2.59. The Hall–Kier alpha value is -4.25. The summed E-state index contributed by atoms with van der Waals surface area (Å²) in [7, 11) is 3.25. The predicted octanol–water partition coefficient (Wildman–Crippen LogP) is 3.76. The largest absolute Gasteiger partial charge is 0.493 e. The van der Waals surface area contributed by atoms with Crippen molar-refractivity contribution >= 4 is 17.9 Å². The number of benzene rings is 2. The van der Waals surface area contributed by atoms with Crippen LogP contribution in [0, 0.1) is 34.8 Å². The maximum Gasteiger partial charge on any atom is 0.410 e. The normalized spacial score (nSPS) is 20.3. The fourth-order valence-electron chi connectivity index (χ4n) is 6.30. The molecule has 3 amide bonds. The Morgan fingerprint density at radius 1 is 1.06 bits per heavy atom. The highest BCUT2D eigenvalue weighted by molar-refractivity contribution is 5.90. The molecule has 13 heteroatoms.